The minimum absolute atomic E-state index is 0.785. The largest absolute Gasteiger partial charge is 0.314 e. The third-order valence-electron chi connectivity index (χ3n) is 4.67. The van der Waals surface area contributed by atoms with Crippen LogP contribution in [0.1, 0.15) is 52.9 Å². The molecule has 19 heavy (non-hydrogen) atoms. The molecule has 0 aromatic rings. The van der Waals surface area contributed by atoms with E-state index >= 15 is 0 Å². The molecule has 0 amide bonds. The Morgan fingerprint density at radius 2 is 1.58 bits per heavy atom. The van der Waals surface area contributed by atoms with Crippen LogP contribution in [0.25, 0.3) is 0 Å². The van der Waals surface area contributed by atoms with Crippen molar-refractivity contribution in [1.82, 2.24) is 15.1 Å². The van der Waals surface area contributed by atoms with Crippen LogP contribution >= 0.6 is 0 Å². The Labute approximate surface area is 120 Å². The van der Waals surface area contributed by atoms with Crippen LogP contribution in [0.5, 0.6) is 0 Å². The zero-order chi connectivity index (χ0) is 14.1. The van der Waals surface area contributed by atoms with Crippen molar-refractivity contribution in [3.8, 4) is 0 Å². The summed E-state index contributed by atoms with van der Waals surface area (Å²) in [6.45, 7) is 12.8. The fourth-order valence-corrected chi connectivity index (χ4v) is 3.09. The van der Waals surface area contributed by atoms with Crippen molar-refractivity contribution in [2.24, 2.45) is 0 Å². The Hall–Kier alpha value is -0.120. The second-order valence-electron chi connectivity index (χ2n) is 5.97. The van der Waals surface area contributed by atoms with Crippen molar-refractivity contribution in [1.29, 1.82) is 0 Å². The van der Waals surface area contributed by atoms with E-state index < -0.39 is 0 Å². The van der Waals surface area contributed by atoms with Crippen LogP contribution in [0.2, 0.25) is 0 Å². The first-order valence-electron chi connectivity index (χ1n) is 8.37. The van der Waals surface area contributed by atoms with Crippen molar-refractivity contribution in [3.05, 3.63) is 0 Å². The molecule has 0 heterocycles. The van der Waals surface area contributed by atoms with Crippen molar-refractivity contribution >= 4 is 0 Å². The highest BCUT2D eigenvalue weighted by Crippen LogP contribution is 2.22. The minimum atomic E-state index is 0.785. The van der Waals surface area contributed by atoms with Crippen LogP contribution in [0.4, 0.5) is 0 Å². The summed E-state index contributed by atoms with van der Waals surface area (Å²) in [6, 6.07) is 1.60. The van der Waals surface area contributed by atoms with Gasteiger partial charge in [0.1, 0.15) is 0 Å². The van der Waals surface area contributed by atoms with E-state index in [4.69, 9.17) is 0 Å². The van der Waals surface area contributed by atoms with Gasteiger partial charge in [-0.25, -0.2) is 0 Å². The molecule has 1 N–H and O–H groups in total. The topological polar surface area (TPSA) is 18.5 Å². The van der Waals surface area contributed by atoms with Crippen LogP contribution < -0.4 is 5.32 Å². The van der Waals surface area contributed by atoms with Crippen molar-refractivity contribution < 1.29 is 0 Å². The molecule has 114 valence electrons. The number of hydrogen-bond donors (Lipinski definition) is 1. The van der Waals surface area contributed by atoms with Crippen LogP contribution in [0.15, 0.2) is 0 Å². The van der Waals surface area contributed by atoms with Gasteiger partial charge in [0.2, 0.25) is 0 Å². The Kier molecular flexibility index (Phi) is 8.67. The monoisotopic (exact) mass is 269 g/mol. The lowest BCUT2D eigenvalue weighted by Gasteiger charge is -2.36. The van der Waals surface area contributed by atoms with Crippen molar-refractivity contribution in [3.63, 3.8) is 0 Å². The highest BCUT2D eigenvalue weighted by atomic mass is 15.2. The second kappa shape index (κ2) is 9.73. The molecule has 0 aliphatic heterocycles. The molecular formula is C16H35N3. The molecular weight excluding hydrogens is 234 g/mol. The highest BCUT2D eigenvalue weighted by molar-refractivity contribution is 4.81. The van der Waals surface area contributed by atoms with Crippen molar-refractivity contribution in [2.75, 3.05) is 39.8 Å². The first kappa shape index (κ1) is 16.9. The Morgan fingerprint density at radius 3 is 2.11 bits per heavy atom. The van der Waals surface area contributed by atoms with E-state index in [9.17, 15) is 0 Å². The number of nitrogens with zero attached hydrogens (tertiary/aromatic N) is 2. The summed E-state index contributed by atoms with van der Waals surface area (Å²) >= 11 is 0. The summed E-state index contributed by atoms with van der Waals surface area (Å²) in [5, 5.41) is 3.67. The summed E-state index contributed by atoms with van der Waals surface area (Å²) in [4.78, 5) is 5.11. The molecule has 0 aromatic carbocycles. The summed E-state index contributed by atoms with van der Waals surface area (Å²) in [5.41, 5.74) is 0. The standard InChI is InChI=1S/C16H35N3/c1-5-12-17-15-8-10-16(11-9-15)18(4)13-14-19(6-2)7-3/h15-17H,5-14H2,1-4H3. The molecule has 1 aliphatic carbocycles. The van der Waals surface area contributed by atoms with Gasteiger partial charge in [-0.1, -0.05) is 20.8 Å². The van der Waals surface area contributed by atoms with Crippen molar-refractivity contribution in [2.45, 2.75) is 65.0 Å². The molecule has 0 radical (unpaired) electrons. The predicted molar refractivity (Wildman–Crippen MR) is 84.8 cm³/mol. The number of likely N-dealkylation sites (N-methyl/N-ethyl adjacent to an activating group) is 2. The maximum absolute atomic E-state index is 3.67. The first-order chi connectivity index (χ1) is 9.21. The zero-order valence-corrected chi connectivity index (χ0v) is 13.6. The van der Waals surface area contributed by atoms with Crippen LogP contribution in [-0.2, 0) is 0 Å². The van der Waals surface area contributed by atoms with Gasteiger partial charge in [-0.3, -0.25) is 0 Å². The zero-order valence-electron chi connectivity index (χ0n) is 13.6. The quantitative estimate of drug-likeness (QED) is 0.694. The van der Waals surface area contributed by atoms with Crippen LogP contribution in [0, 0.1) is 0 Å². The summed E-state index contributed by atoms with van der Waals surface area (Å²) in [7, 11) is 2.31. The van der Waals surface area contributed by atoms with Gasteiger partial charge in [0.25, 0.3) is 0 Å². The third kappa shape index (κ3) is 6.24. The Bertz CT molecular complexity index is 208. The SMILES string of the molecule is CCCNC1CCC(N(C)CCN(CC)CC)CC1. The van der Waals surface area contributed by atoms with E-state index in [-0.39, 0.29) is 0 Å². The molecule has 3 nitrogen and oxygen atoms in total. The smallest absolute Gasteiger partial charge is 0.0109 e. The maximum atomic E-state index is 3.67. The Morgan fingerprint density at radius 1 is 0.947 bits per heavy atom. The van der Waals surface area contributed by atoms with Gasteiger partial charge < -0.3 is 15.1 Å². The normalized spacial score (nSPS) is 24.3. The fourth-order valence-electron chi connectivity index (χ4n) is 3.09. The lowest BCUT2D eigenvalue weighted by atomic mass is 9.90. The van der Waals surface area contributed by atoms with E-state index in [1.54, 1.807) is 0 Å². The van der Waals surface area contributed by atoms with E-state index in [1.165, 1.54) is 64.8 Å². The molecule has 3 heteroatoms. The van der Waals surface area contributed by atoms with Gasteiger partial charge in [-0.2, -0.15) is 0 Å². The molecule has 0 bridgehead atoms. The molecule has 1 saturated carbocycles. The number of hydrogen-bond acceptors (Lipinski definition) is 3. The average Bonchev–Trinajstić information content (AvgIpc) is 2.46. The second-order valence-corrected chi connectivity index (χ2v) is 5.97. The van der Waals surface area contributed by atoms with Crippen LogP contribution in [-0.4, -0.2) is 61.7 Å². The third-order valence-corrected chi connectivity index (χ3v) is 4.67. The highest BCUT2D eigenvalue weighted by Gasteiger charge is 2.23. The molecule has 1 aliphatic rings. The lowest BCUT2D eigenvalue weighted by Crippen LogP contribution is -2.43. The minimum Gasteiger partial charge on any atom is -0.314 e. The summed E-state index contributed by atoms with van der Waals surface area (Å²) in [6.07, 6.45) is 6.72. The summed E-state index contributed by atoms with van der Waals surface area (Å²) < 4.78 is 0. The first-order valence-corrected chi connectivity index (χ1v) is 8.37. The molecule has 1 fully saturated rings. The fraction of sp³-hybridized carbons (Fsp3) is 1.00. The van der Waals surface area contributed by atoms with Gasteiger partial charge in [-0.15, -0.1) is 0 Å². The van der Waals surface area contributed by atoms with E-state index in [1.807, 2.05) is 0 Å². The molecule has 0 atom stereocenters. The molecule has 0 spiro atoms. The number of rotatable bonds is 9. The average molecular weight is 269 g/mol. The lowest BCUT2D eigenvalue weighted by molar-refractivity contribution is 0.153. The molecule has 0 aromatic heterocycles. The summed E-state index contributed by atoms with van der Waals surface area (Å²) in [5.74, 6) is 0. The molecule has 0 saturated heterocycles. The van der Waals surface area contributed by atoms with Gasteiger partial charge in [0.15, 0.2) is 0 Å². The Balaban J connectivity index is 2.19. The maximum Gasteiger partial charge on any atom is 0.0109 e. The molecule has 1 rings (SSSR count). The number of nitrogens with one attached hydrogen (secondary N) is 1. The van der Waals surface area contributed by atoms with Gasteiger partial charge >= 0.3 is 0 Å². The van der Waals surface area contributed by atoms with Gasteiger partial charge in [-0.05, 0) is 58.8 Å². The van der Waals surface area contributed by atoms with E-state index in [2.05, 4.69) is 42.9 Å². The van der Waals surface area contributed by atoms with Crippen LogP contribution in [0.3, 0.4) is 0 Å². The van der Waals surface area contributed by atoms with Gasteiger partial charge in [0.05, 0.1) is 0 Å². The van der Waals surface area contributed by atoms with Gasteiger partial charge in [0, 0.05) is 25.2 Å². The molecule has 0 unspecified atom stereocenters. The van der Waals surface area contributed by atoms with E-state index in [0.717, 1.165) is 12.1 Å². The predicted octanol–water partition coefficient (Wildman–Crippen LogP) is 2.57. The van der Waals surface area contributed by atoms with E-state index in [0.29, 0.717) is 0 Å².